The molecule has 2 heterocycles. The second-order valence-electron chi connectivity index (χ2n) is 2.88. The van der Waals surface area contributed by atoms with Crippen LogP contribution in [0.15, 0.2) is 12.3 Å². The summed E-state index contributed by atoms with van der Waals surface area (Å²) in [6, 6.07) is 2.01. The lowest BCUT2D eigenvalue weighted by Crippen LogP contribution is -1.97. The minimum Gasteiger partial charge on any atom is -0.389 e. The first kappa shape index (κ1) is 8.25. The van der Waals surface area contributed by atoms with Crippen molar-refractivity contribution in [3.05, 3.63) is 23.7 Å². The maximum Gasteiger partial charge on any atom is 0.212 e. The highest BCUT2D eigenvalue weighted by Crippen LogP contribution is 2.19. The van der Waals surface area contributed by atoms with Crippen molar-refractivity contribution in [3.8, 4) is 5.13 Å². The first-order valence-electron chi connectivity index (χ1n) is 3.92. The van der Waals surface area contributed by atoms with Crippen LogP contribution in [0.5, 0.6) is 0 Å². The number of thiazole rings is 1. The van der Waals surface area contributed by atoms with Crippen LogP contribution in [0.2, 0.25) is 0 Å². The minimum absolute atomic E-state index is 0.711. The van der Waals surface area contributed by atoms with Crippen LogP contribution in [0.4, 0.5) is 5.00 Å². The molecule has 0 bridgehead atoms. The van der Waals surface area contributed by atoms with Crippen molar-refractivity contribution in [1.29, 1.82) is 0 Å². The Morgan fingerprint density at radius 3 is 2.69 bits per heavy atom. The van der Waals surface area contributed by atoms with Crippen LogP contribution in [0, 0.1) is 13.8 Å². The third-order valence-corrected chi connectivity index (χ3v) is 2.50. The standard InChI is InChI=1S/C8H10N4S/c1-5-3-6(2)12(11-5)8-10-4-7(9)13-8/h3-4H,9H2,1-2H3. The molecule has 0 aliphatic carbocycles. The van der Waals surface area contributed by atoms with Gasteiger partial charge in [0.15, 0.2) is 0 Å². The number of rotatable bonds is 1. The fraction of sp³-hybridized carbons (Fsp3) is 0.250. The van der Waals surface area contributed by atoms with Gasteiger partial charge in [0, 0.05) is 5.69 Å². The molecule has 0 saturated carbocycles. The van der Waals surface area contributed by atoms with E-state index in [4.69, 9.17) is 5.73 Å². The molecule has 0 aromatic carbocycles. The van der Waals surface area contributed by atoms with Crippen molar-refractivity contribution in [2.24, 2.45) is 0 Å². The first-order valence-corrected chi connectivity index (χ1v) is 4.73. The number of hydrogen-bond donors (Lipinski definition) is 1. The molecule has 0 saturated heterocycles. The Labute approximate surface area is 80.0 Å². The zero-order valence-electron chi connectivity index (χ0n) is 7.48. The van der Waals surface area contributed by atoms with Crippen LogP contribution in [0.3, 0.4) is 0 Å². The van der Waals surface area contributed by atoms with Gasteiger partial charge in [0.1, 0.15) is 5.00 Å². The molecule has 0 spiro atoms. The summed E-state index contributed by atoms with van der Waals surface area (Å²) >= 11 is 1.44. The number of nitrogens with zero attached hydrogens (tertiary/aromatic N) is 3. The molecule has 0 fully saturated rings. The molecule has 0 aliphatic rings. The van der Waals surface area contributed by atoms with Gasteiger partial charge in [-0.25, -0.2) is 9.67 Å². The fourth-order valence-corrected chi connectivity index (χ4v) is 1.89. The van der Waals surface area contributed by atoms with Gasteiger partial charge in [-0.3, -0.25) is 0 Å². The third-order valence-electron chi connectivity index (χ3n) is 1.70. The molecule has 2 aromatic heterocycles. The topological polar surface area (TPSA) is 56.7 Å². The third kappa shape index (κ3) is 1.42. The van der Waals surface area contributed by atoms with Crippen LogP contribution in [-0.2, 0) is 0 Å². The highest BCUT2D eigenvalue weighted by Gasteiger charge is 2.06. The number of hydrogen-bond acceptors (Lipinski definition) is 4. The van der Waals surface area contributed by atoms with E-state index in [1.807, 2.05) is 19.9 Å². The normalized spacial score (nSPS) is 10.6. The van der Waals surface area contributed by atoms with Crippen molar-refractivity contribution in [2.75, 3.05) is 5.73 Å². The zero-order chi connectivity index (χ0) is 9.42. The number of nitrogens with two attached hydrogens (primary N) is 1. The van der Waals surface area contributed by atoms with E-state index < -0.39 is 0 Å². The van der Waals surface area contributed by atoms with Crippen LogP contribution < -0.4 is 5.73 Å². The number of aromatic nitrogens is 3. The second-order valence-corrected chi connectivity index (χ2v) is 3.92. The number of aryl methyl sites for hydroxylation is 2. The molecule has 13 heavy (non-hydrogen) atoms. The summed E-state index contributed by atoms with van der Waals surface area (Å²) in [5, 5.41) is 5.84. The molecule has 0 amide bonds. The van der Waals surface area contributed by atoms with Crippen LogP contribution >= 0.6 is 11.3 Å². The molecular formula is C8H10N4S. The monoisotopic (exact) mass is 194 g/mol. The van der Waals surface area contributed by atoms with Crippen LogP contribution in [0.1, 0.15) is 11.4 Å². The van der Waals surface area contributed by atoms with E-state index >= 15 is 0 Å². The van der Waals surface area contributed by atoms with Gasteiger partial charge in [-0.15, -0.1) is 0 Å². The fourth-order valence-electron chi connectivity index (χ4n) is 1.20. The van der Waals surface area contributed by atoms with E-state index in [-0.39, 0.29) is 0 Å². The highest BCUT2D eigenvalue weighted by molar-refractivity contribution is 7.17. The molecule has 2 aromatic rings. The molecule has 4 nitrogen and oxygen atoms in total. The smallest absolute Gasteiger partial charge is 0.212 e. The Morgan fingerprint density at radius 2 is 2.23 bits per heavy atom. The summed E-state index contributed by atoms with van der Waals surface area (Å²) in [6.45, 7) is 3.96. The Balaban J connectivity index is 2.51. The van der Waals surface area contributed by atoms with Gasteiger partial charge >= 0.3 is 0 Å². The van der Waals surface area contributed by atoms with Crippen LogP contribution in [0.25, 0.3) is 5.13 Å². The number of nitrogen functional groups attached to an aromatic ring is 1. The predicted octanol–water partition coefficient (Wildman–Crippen LogP) is 1.53. The summed E-state index contributed by atoms with van der Waals surface area (Å²) in [4.78, 5) is 4.15. The summed E-state index contributed by atoms with van der Waals surface area (Å²) in [5.41, 5.74) is 7.66. The molecule has 5 heteroatoms. The zero-order valence-corrected chi connectivity index (χ0v) is 8.30. The van der Waals surface area contributed by atoms with Gasteiger partial charge in [-0.2, -0.15) is 5.10 Å². The lowest BCUT2D eigenvalue weighted by atomic mass is 10.4. The van der Waals surface area contributed by atoms with E-state index in [0.717, 1.165) is 16.5 Å². The average molecular weight is 194 g/mol. The van der Waals surface area contributed by atoms with Crippen molar-refractivity contribution in [1.82, 2.24) is 14.8 Å². The van der Waals surface area contributed by atoms with Crippen molar-refractivity contribution >= 4 is 16.3 Å². The molecular weight excluding hydrogens is 184 g/mol. The molecule has 0 unspecified atom stereocenters. The van der Waals surface area contributed by atoms with Gasteiger partial charge in [0.2, 0.25) is 5.13 Å². The molecule has 0 radical (unpaired) electrons. The quantitative estimate of drug-likeness (QED) is 0.749. The van der Waals surface area contributed by atoms with Gasteiger partial charge in [-0.05, 0) is 19.9 Å². The van der Waals surface area contributed by atoms with Crippen molar-refractivity contribution < 1.29 is 0 Å². The maximum atomic E-state index is 5.59. The second kappa shape index (κ2) is 2.85. The van der Waals surface area contributed by atoms with E-state index in [1.165, 1.54) is 11.3 Å². The largest absolute Gasteiger partial charge is 0.389 e. The van der Waals surface area contributed by atoms with E-state index in [0.29, 0.717) is 5.00 Å². The summed E-state index contributed by atoms with van der Waals surface area (Å²) in [6.07, 6.45) is 1.65. The Hall–Kier alpha value is -1.36. The molecule has 0 aliphatic heterocycles. The van der Waals surface area contributed by atoms with Gasteiger partial charge in [-0.1, -0.05) is 11.3 Å². The Kier molecular flexibility index (Phi) is 1.81. The predicted molar refractivity (Wildman–Crippen MR) is 53.1 cm³/mol. The molecule has 0 atom stereocenters. The minimum atomic E-state index is 0.711. The summed E-state index contributed by atoms with van der Waals surface area (Å²) in [5.74, 6) is 0. The molecule has 2 rings (SSSR count). The summed E-state index contributed by atoms with van der Waals surface area (Å²) < 4.78 is 1.80. The van der Waals surface area contributed by atoms with E-state index in [2.05, 4.69) is 10.1 Å². The Bertz CT molecular complexity index is 429. The van der Waals surface area contributed by atoms with Gasteiger partial charge in [0.25, 0.3) is 0 Å². The molecule has 68 valence electrons. The van der Waals surface area contributed by atoms with Crippen LogP contribution in [-0.4, -0.2) is 14.8 Å². The molecule has 2 N–H and O–H groups in total. The van der Waals surface area contributed by atoms with E-state index in [9.17, 15) is 0 Å². The highest BCUT2D eigenvalue weighted by atomic mass is 32.1. The van der Waals surface area contributed by atoms with Crippen molar-refractivity contribution in [3.63, 3.8) is 0 Å². The maximum absolute atomic E-state index is 5.59. The first-order chi connectivity index (χ1) is 6.16. The summed E-state index contributed by atoms with van der Waals surface area (Å²) in [7, 11) is 0. The van der Waals surface area contributed by atoms with E-state index in [1.54, 1.807) is 10.9 Å². The Morgan fingerprint density at radius 1 is 1.46 bits per heavy atom. The van der Waals surface area contributed by atoms with Crippen molar-refractivity contribution in [2.45, 2.75) is 13.8 Å². The SMILES string of the molecule is Cc1cc(C)n(-c2ncc(N)s2)n1. The van der Waals surface area contributed by atoms with Gasteiger partial charge < -0.3 is 5.73 Å². The van der Waals surface area contributed by atoms with Gasteiger partial charge in [0.05, 0.1) is 11.9 Å². The lowest BCUT2D eigenvalue weighted by Gasteiger charge is -1.96. The average Bonchev–Trinajstić information content (AvgIpc) is 2.58. The number of anilines is 1. The lowest BCUT2D eigenvalue weighted by molar-refractivity contribution is 0.825.